The van der Waals surface area contributed by atoms with Gasteiger partial charge in [0.25, 0.3) is 0 Å². The highest BCUT2D eigenvalue weighted by molar-refractivity contribution is 5.50. The zero-order valence-corrected chi connectivity index (χ0v) is 9.41. The summed E-state index contributed by atoms with van der Waals surface area (Å²) in [5, 5.41) is 11.9. The smallest absolute Gasteiger partial charge is 0.0991 e. The van der Waals surface area contributed by atoms with E-state index in [0.717, 1.165) is 5.56 Å². The van der Waals surface area contributed by atoms with Gasteiger partial charge in [-0.15, -0.1) is 0 Å². The van der Waals surface area contributed by atoms with Crippen molar-refractivity contribution in [3.63, 3.8) is 0 Å². The van der Waals surface area contributed by atoms with Crippen LogP contribution in [0.15, 0.2) is 30.5 Å². The molecule has 0 atom stereocenters. The molecule has 2 nitrogen and oxygen atoms in total. The van der Waals surface area contributed by atoms with Crippen molar-refractivity contribution < 1.29 is 0 Å². The number of hydrogen-bond donors (Lipinski definition) is 1. The predicted octanol–water partition coefficient (Wildman–Crippen LogP) is 2.92. The molecular weight excluding hydrogens is 184 g/mol. The summed E-state index contributed by atoms with van der Waals surface area (Å²) in [6, 6.07) is 9.59. The van der Waals surface area contributed by atoms with Gasteiger partial charge in [0.15, 0.2) is 0 Å². The molecule has 0 saturated carbocycles. The van der Waals surface area contributed by atoms with Crippen LogP contribution in [-0.4, -0.2) is 5.54 Å². The van der Waals surface area contributed by atoms with Gasteiger partial charge in [0.2, 0.25) is 0 Å². The van der Waals surface area contributed by atoms with Gasteiger partial charge >= 0.3 is 0 Å². The highest BCUT2D eigenvalue weighted by Gasteiger charge is 2.04. The summed E-state index contributed by atoms with van der Waals surface area (Å²) in [4.78, 5) is 0. The first-order chi connectivity index (χ1) is 7.01. The number of nitriles is 1. The van der Waals surface area contributed by atoms with E-state index in [2.05, 4.69) is 32.2 Å². The lowest BCUT2D eigenvalue weighted by atomic mass is 10.1. The van der Waals surface area contributed by atoms with E-state index in [9.17, 15) is 0 Å². The summed E-state index contributed by atoms with van der Waals surface area (Å²) < 4.78 is 0. The molecule has 15 heavy (non-hydrogen) atoms. The zero-order chi connectivity index (χ0) is 11.3. The van der Waals surface area contributed by atoms with Crippen LogP contribution in [0, 0.1) is 11.3 Å². The van der Waals surface area contributed by atoms with Gasteiger partial charge in [-0.25, -0.2) is 0 Å². The Balaban J connectivity index is 2.62. The van der Waals surface area contributed by atoms with Gasteiger partial charge in [0.1, 0.15) is 0 Å². The maximum Gasteiger partial charge on any atom is 0.0991 e. The standard InChI is InChI=1S/C13H16N2/c1-13(2,3)15-9-8-11-4-6-12(10-14)7-5-11/h4-9,15H,1-3H3/b9-8+. The molecular formula is C13H16N2. The highest BCUT2D eigenvalue weighted by Crippen LogP contribution is 2.05. The summed E-state index contributed by atoms with van der Waals surface area (Å²) in [7, 11) is 0. The van der Waals surface area contributed by atoms with Crippen molar-refractivity contribution in [2.24, 2.45) is 0 Å². The summed E-state index contributed by atoms with van der Waals surface area (Å²) in [6.07, 6.45) is 3.92. The van der Waals surface area contributed by atoms with Gasteiger partial charge in [-0.1, -0.05) is 12.1 Å². The first-order valence-electron chi connectivity index (χ1n) is 4.96. The number of benzene rings is 1. The second-order valence-electron chi connectivity index (χ2n) is 4.46. The van der Waals surface area contributed by atoms with E-state index in [1.54, 1.807) is 0 Å². The van der Waals surface area contributed by atoms with Crippen molar-refractivity contribution in [1.82, 2.24) is 5.32 Å². The van der Waals surface area contributed by atoms with E-state index in [1.807, 2.05) is 36.5 Å². The highest BCUT2D eigenvalue weighted by atomic mass is 14.9. The van der Waals surface area contributed by atoms with Crippen LogP contribution in [0.1, 0.15) is 31.9 Å². The number of rotatable bonds is 2. The van der Waals surface area contributed by atoms with Gasteiger partial charge in [-0.2, -0.15) is 5.26 Å². The number of nitrogens with one attached hydrogen (secondary N) is 1. The molecule has 0 bridgehead atoms. The van der Waals surface area contributed by atoms with E-state index in [-0.39, 0.29) is 5.54 Å². The number of nitrogens with zero attached hydrogens (tertiary/aromatic N) is 1. The molecule has 0 fully saturated rings. The van der Waals surface area contributed by atoms with Crippen molar-refractivity contribution in [3.05, 3.63) is 41.6 Å². The molecule has 78 valence electrons. The third kappa shape index (κ3) is 4.33. The lowest BCUT2D eigenvalue weighted by molar-refractivity contribution is 0.492. The Hall–Kier alpha value is -1.75. The largest absolute Gasteiger partial charge is 0.386 e. The van der Waals surface area contributed by atoms with Gasteiger partial charge in [-0.3, -0.25) is 0 Å². The monoisotopic (exact) mass is 200 g/mol. The van der Waals surface area contributed by atoms with Crippen LogP contribution in [-0.2, 0) is 0 Å². The van der Waals surface area contributed by atoms with Crippen LogP contribution < -0.4 is 5.32 Å². The van der Waals surface area contributed by atoms with Crippen molar-refractivity contribution in [2.45, 2.75) is 26.3 Å². The molecule has 0 unspecified atom stereocenters. The van der Waals surface area contributed by atoms with E-state index in [0.29, 0.717) is 5.56 Å². The Morgan fingerprint density at radius 2 is 1.80 bits per heavy atom. The average molecular weight is 200 g/mol. The minimum Gasteiger partial charge on any atom is -0.386 e. The molecule has 0 amide bonds. The van der Waals surface area contributed by atoms with Crippen molar-refractivity contribution in [1.29, 1.82) is 5.26 Å². The molecule has 0 radical (unpaired) electrons. The van der Waals surface area contributed by atoms with Crippen LogP contribution >= 0.6 is 0 Å². The van der Waals surface area contributed by atoms with Crippen molar-refractivity contribution in [2.75, 3.05) is 0 Å². The minimum atomic E-state index is 0.0864. The summed E-state index contributed by atoms with van der Waals surface area (Å²) in [5.74, 6) is 0. The lowest BCUT2D eigenvalue weighted by Gasteiger charge is -2.18. The Bertz CT molecular complexity index is 374. The molecule has 1 aromatic rings. The molecule has 0 aliphatic carbocycles. The molecule has 1 N–H and O–H groups in total. The normalized spacial score (nSPS) is 11.3. The molecule has 0 heterocycles. The summed E-state index contributed by atoms with van der Waals surface area (Å²) in [5.41, 5.74) is 1.87. The average Bonchev–Trinajstić information content (AvgIpc) is 2.17. The maximum absolute atomic E-state index is 8.63. The molecule has 1 aromatic carbocycles. The molecule has 0 aliphatic rings. The van der Waals surface area contributed by atoms with Crippen LogP contribution in [0.25, 0.3) is 6.08 Å². The second kappa shape index (κ2) is 4.65. The Labute approximate surface area is 91.2 Å². The molecule has 0 aliphatic heterocycles. The number of hydrogen-bond acceptors (Lipinski definition) is 2. The van der Waals surface area contributed by atoms with Gasteiger partial charge in [0, 0.05) is 5.54 Å². The van der Waals surface area contributed by atoms with Crippen LogP contribution in [0.3, 0.4) is 0 Å². The van der Waals surface area contributed by atoms with E-state index in [4.69, 9.17) is 5.26 Å². The predicted molar refractivity (Wildman–Crippen MR) is 63.1 cm³/mol. The van der Waals surface area contributed by atoms with Crippen LogP contribution in [0.4, 0.5) is 0 Å². The van der Waals surface area contributed by atoms with Gasteiger partial charge in [0.05, 0.1) is 11.6 Å². The van der Waals surface area contributed by atoms with Gasteiger partial charge < -0.3 is 5.32 Å². The lowest BCUT2D eigenvalue weighted by Crippen LogP contribution is -2.30. The summed E-state index contributed by atoms with van der Waals surface area (Å²) in [6.45, 7) is 6.32. The fraction of sp³-hybridized carbons (Fsp3) is 0.308. The van der Waals surface area contributed by atoms with Gasteiger partial charge in [-0.05, 0) is 50.7 Å². The first-order valence-corrected chi connectivity index (χ1v) is 4.96. The van der Waals surface area contributed by atoms with E-state index in [1.165, 1.54) is 0 Å². The summed E-state index contributed by atoms with van der Waals surface area (Å²) >= 11 is 0. The van der Waals surface area contributed by atoms with Crippen molar-refractivity contribution in [3.8, 4) is 6.07 Å². The molecule has 0 aromatic heterocycles. The second-order valence-corrected chi connectivity index (χ2v) is 4.46. The maximum atomic E-state index is 8.63. The van der Waals surface area contributed by atoms with E-state index >= 15 is 0 Å². The van der Waals surface area contributed by atoms with E-state index < -0.39 is 0 Å². The minimum absolute atomic E-state index is 0.0864. The van der Waals surface area contributed by atoms with Crippen molar-refractivity contribution >= 4 is 6.08 Å². The Morgan fingerprint density at radius 1 is 1.20 bits per heavy atom. The molecule has 2 heteroatoms. The van der Waals surface area contributed by atoms with Crippen LogP contribution in [0.2, 0.25) is 0 Å². The third-order valence-electron chi connectivity index (χ3n) is 1.83. The zero-order valence-electron chi connectivity index (χ0n) is 9.41. The Morgan fingerprint density at radius 3 is 2.27 bits per heavy atom. The first kappa shape index (κ1) is 11.3. The fourth-order valence-electron chi connectivity index (χ4n) is 1.06. The third-order valence-corrected chi connectivity index (χ3v) is 1.83. The quantitative estimate of drug-likeness (QED) is 0.796. The Kier molecular flexibility index (Phi) is 3.51. The SMILES string of the molecule is CC(C)(C)N/C=C/c1ccc(C#N)cc1. The van der Waals surface area contributed by atoms with Crippen LogP contribution in [0.5, 0.6) is 0 Å². The molecule has 0 spiro atoms. The topological polar surface area (TPSA) is 35.8 Å². The molecule has 1 rings (SSSR count). The molecule has 0 saturated heterocycles. The fourth-order valence-corrected chi connectivity index (χ4v) is 1.06.